The van der Waals surface area contributed by atoms with E-state index < -0.39 is 0 Å². The Labute approximate surface area is 108 Å². The van der Waals surface area contributed by atoms with Crippen LogP contribution in [0, 0.1) is 0 Å². The van der Waals surface area contributed by atoms with Gasteiger partial charge in [0.05, 0.1) is 17.8 Å². The maximum atomic E-state index is 5.60. The number of aromatic nitrogens is 1. The summed E-state index contributed by atoms with van der Waals surface area (Å²) in [6, 6.07) is 12.2. The molecule has 0 unspecified atom stereocenters. The first-order valence-electron chi connectivity index (χ1n) is 6.31. The first-order valence-corrected chi connectivity index (χ1v) is 6.31. The molecule has 1 aromatic carbocycles. The van der Waals surface area contributed by atoms with Crippen molar-refractivity contribution in [3.63, 3.8) is 0 Å². The second kappa shape index (κ2) is 7.09. The van der Waals surface area contributed by atoms with Crippen LogP contribution < -0.4 is 0 Å². The summed E-state index contributed by atoms with van der Waals surface area (Å²) >= 11 is 0. The van der Waals surface area contributed by atoms with E-state index in [2.05, 4.69) is 17.1 Å². The number of unbranched alkanes of at least 4 members (excludes halogenated alkanes) is 1. The fourth-order valence-electron chi connectivity index (χ4n) is 1.82. The van der Waals surface area contributed by atoms with E-state index >= 15 is 0 Å². The SMILES string of the molecule is COCCCCOCc1ccc2ccccc2n1. The molecule has 3 heteroatoms. The molecule has 0 bridgehead atoms. The van der Waals surface area contributed by atoms with E-state index in [0.29, 0.717) is 6.61 Å². The molecule has 0 N–H and O–H groups in total. The zero-order valence-electron chi connectivity index (χ0n) is 10.8. The smallest absolute Gasteiger partial charge is 0.0888 e. The van der Waals surface area contributed by atoms with Crippen LogP contribution in [0.1, 0.15) is 18.5 Å². The number of methoxy groups -OCH3 is 1. The summed E-state index contributed by atoms with van der Waals surface area (Å²) in [5.41, 5.74) is 2.01. The Morgan fingerprint density at radius 3 is 2.72 bits per heavy atom. The van der Waals surface area contributed by atoms with Crippen molar-refractivity contribution in [2.45, 2.75) is 19.4 Å². The summed E-state index contributed by atoms with van der Waals surface area (Å²) in [4.78, 5) is 4.56. The number of rotatable bonds is 7. The summed E-state index contributed by atoms with van der Waals surface area (Å²) in [6.07, 6.45) is 2.07. The highest BCUT2D eigenvalue weighted by molar-refractivity contribution is 5.78. The van der Waals surface area contributed by atoms with Crippen molar-refractivity contribution >= 4 is 10.9 Å². The lowest BCUT2D eigenvalue weighted by atomic mass is 10.2. The van der Waals surface area contributed by atoms with E-state index in [1.807, 2.05) is 24.3 Å². The molecular weight excluding hydrogens is 226 g/mol. The molecule has 0 saturated carbocycles. The third-order valence-corrected chi connectivity index (χ3v) is 2.79. The molecule has 0 aliphatic rings. The standard InChI is InChI=1S/C15H19NO2/c1-17-10-4-5-11-18-12-14-9-8-13-6-2-3-7-15(13)16-14/h2-3,6-9H,4-5,10-12H2,1H3. The van der Waals surface area contributed by atoms with E-state index in [9.17, 15) is 0 Å². The zero-order valence-corrected chi connectivity index (χ0v) is 10.8. The third kappa shape index (κ3) is 3.79. The van der Waals surface area contributed by atoms with Gasteiger partial charge in [0.1, 0.15) is 0 Å². The maximum Gasteiger partial charge on any atom is 0.0888 e. The Balaban J connectivity index is 1.81. The predicted octanol–water partition coefficient (Wildman–Crippen LogP) is 3.18. The number of para-hydroxylation sites is 1. The summed E-state index contributed by atoms with van der Waals surface area (Å²) in [7, 11) is 1.72. The largest absolute Gasteiger partial charge is 0.385 e. The minimum Gasteiger partial charge on any atom is -0.385 e. The maximum absolute atomic E-state index is 5.60. The second-order valence-corrected chi connectivity index (χ2v) is 4.25. The first-order chi connectivity index (χ1) is 8.90. The normalized spacial score (nSPS) is 10.9. The van der Waals surface area contributed by atoms with Gasteiger partial charge in [-0.25, -0.2) is 0 Å². The topological polar surface area (TPSA) is 31.4 Å². The Bertz CT molecular complexity index is 485. The molecule has 3 nitrogen and oxygen atoms in total. The van der Waals surface area contributed by atoms with Crippen LogP contribution >= 0.6 is 0 Å². The Morgan fingerprint density at radius 2 is 1.83 bits per heavy atom. The molecule has 1 aromatic heterocycles. The van der Waals surface area contributed by atoms with Crippen molar-refractivity contribution < 1.29 is 9.47 Å². The molecule has 0 spiro atoms. The summed E-state index contributed by atoms with van der Waals surface area (Å²) in [5, 5.41) is 1.17. The number of hydrogen-bond acceptors (Lipinski definition) is 3. The van der Waals surface area contributed by atoms with Crippen LogP contribution in [-0.2, 0) is 16.1 Å². The summed E-state index contributed by atoms with van der Waals surface area (Å²) < 4.78 is 10.6. The number of ether oxygens (including phenoxy) is 2. The summed E-state index contributed by atoms with van der Waals surface area (Å²) in [6.45, 7) is 2.15. The van der Waals surface area contributed by atoms with Crippen molar-refractivity contribution in [3.05, 3.63) is 42.1 Å². The van der Waals surface area contributed by atoms with Crippen molar-refractivity contribution in [1.29, 1.82) is 0 Å². The number of fused-ring (bicyclic) bond motifs is 1. The monoisotopic (exact) mass is 245 g/mol. The van der Waals surface area contributed by atoms with E-state index in [4.69, 9.17) is 9.47 Å². The molecule has 0 atom stereocenters. The molecule has 0 aliphatic heterocycles. The fourth-order valence-corrected chi connectivity index (χ4v) is 1.82. The van der Waals surface area contributed by atoms with Crippen LogP contribution in [0.2, 0.25) is 0 Å². The molecular formula is C15H19NO2. The number of hydrogen-bond donors (Lipinski definition) is 0. The number of benzene rings is 1. The number of nitrogens with zero attached hydrogens (tertiary/aromatic N) is 1. The Hall–Kier alpha value is -1.45. The molecule has 2 rings (SSSR count). The van der Waals surface area contributed by atoms with E-state index in [1.165, 1.54) is 5.39 Å². The molecule has 18 heavy (non-hydrogen) atoms. The minimum absolute atomic E-state index is 0.581. The zero-order chi connectivity index (χ0) is 12.6. The minimum atomic E-state index is 0.581. The van der Waals surface area contributed by atoms with Gasteiger partial charge in [-0.2, -0.15) is 0 Å². The quantitative estimate of drug-likeness (QED) is 0.702. The van der Waals surface area contributed by atoms with E-state index in [0.717, 1.165) is 37.3 Å². The van der Waals surface area contributed by atoms with Crippen molar-refractivity contribution in [2.75, 3.05) is 20.3 Å². The highest BCUT2D eigenvalue weighted by atomic mass is 16.5. The lowest BCUT2D eigenvalue weighted by Crippen LogP contribution is -1.99. The molecule has 1 heterocycles. The van der Waals surface area contributed by atoms with E-state index in [-0.39, 0.29) is 0 Å². The van der Waals surface area contributed by atoms with Gasteiger partial charge in [-0.1, -0.05) is 24.3 Å². The van der Waals surface area contributed by atoms with Crippen LogP contribution in [0.3, 0.4) is 0 Å². The van der Waals surface area contributed by atoms with Crippen molar-refractivity contribution in [1.82, 2.24) is 4.98 Å². The van der Waals surface area contributed by atoms with Gasteiger partial charge in [0.25, 0.3) is 0 Å². The lowest BCUT2D eigenvalue weighted by molar-refractivity contribution is 0.106. The molecule has 0 saturated heterocycles. The summed E-state index contributed by atoms with van der Waals surface area (Å²) in [5.74, 6) is 0. The van der Waals surface area contributed by atoms with E-state index in [1.54, 1.807) is 7.11 Å². The van der Waals surface area contributed by atoms with Gasteiger partial charge in [0.15, 0.2) is 0 Å². The second-order valence-electron chi connectivity index (χ2n) is 4.25. The fraction of sp³-hybridized carbons (Fsp3) is 0.400. The Morgan fingerprint density at radius 1 is 1.00 bits per heavy atom. The predicted molar refractivity (Wildman–Crippen MR) is 72.5 cm³/mol. The average Bonchev–Trinajstić information content (AvgIpc) is 2.42. The van der Waals surface area contributed by atoms with Gasteiger partial charge in [-0.3, -0.25) is 4.98 Å². The van der Waals surface area contributed by atoms with Crippen molar-refractivity contribution in [2.24, 2.45) is 0 Å². The van der Waals surface area contributed by atoms with Crippen LogP contribution in [0.15, 0.2) is 36.4 Å². The Kier molecular flexibility index (Phi) is 5.12. The van der Waals surface area contributed by atoms with Gasteiger partial charge in [-0.05, 0) is 25.0 Å². The van der Waals surface area contributed by atoms with Crippen LogP contribution in [0.25, 0.3) is 10.9 Å². The van der Waals surface area contributed by atoms with Crippen LogP contribution in [-0.4, -0.2) is 25.3 Å². The lowest BCUT2D eigenvalue weighted by Gasteiger charge is -2.05. The third-order valence-electron chi connectivity index (χ3n) is 2.79. The molecule has 0 radical (unpaired) electrons. The van der Waals surface area contributed by atoms with Gasteiger partial charge >= 0.3 is 0 Å². The van der Waals surface area contributed by atoms with Crippen LogP contribution in [0.5, 0.6) is 0 Å². The van der Waals surface area contributed by atoms with Gasteiger partial charge in [0, 0.05) is 25.7 Å². The number of pyridine rings is 1. The first kappa shape index (κ1) is 13.0. The molecule has 0 fully saturated rings. The highest BCUT2D eigenvalue weighted by Crippen LogP contribution is 2.12. The van der Waals surface area contributed by atoms with Gasteiger partial charge < -0.3 is 9.47 Å². The molecule has 0 amide bonds. The van der Waals surface area contributed by atoms with Gasteiger partial charge in [0.2, 0.25) is 0 Å². The molecule has 2 aromatic rings. The van der Waals surface area contributed by atoms with Gasteiger partial charge in [-0.15, -0.1) is 0 Å². The van der Waals surface area contributed by atoms with Crippen molar-refractivity contribution in [3.8, 4) is 0 Å². The average molecular weight is 245 g/mol. The van der Waals surface area contributed by atoms with Crippen LogP contribution in [0.4, 0.5) is 0 Å². The molecule has 0 aliphatic carbocycles. The molecule has 96 valence electrons. The highest BCUT2D eigenvalue weighted by Gasteiger charge is 1.98.